The predicted molar refractivity (Wildman–Crippen MR) is 90.9 cm³/mol. The summed E-state index contributed by atoms with van der Waals surface area (Å²) in [5.41, 5.74) is 7.13. The molecule has 3 N–H and O–H groups in total. The zero-order chi connectivity index (χ0) is 17.1. The number of nitrogens with zero attached hydrogens (tertiary/aromatic N) is 2. The lowest BCUT2D eigenvalue weighted by Gasteiger charge is -2.27. The average Bonchev–Trinajstić information content (AvgIpc) is 3.19. The number of aromatic nitrogens is 1. The lowest BCUT2D eigenvalue weighted by molar-refractivity contribution is -0.133. The van der Waals surface area contributed by atoms with Gasteiger partial charge in [0.15, 0.2) is 0 Å². The first-order valence-electron chi connectivity index (χ1n) is 8.73. The topological polar surface area (TPSA) is 88.3 Å². The molecule has 1 heterocycles. The van der Waals surface area contributed by atoms with Gasteiger partial charge in [0.1, 0.15) is 0 Å². The minimum atomic E-state index is -0.115. The van der Waals surface area contributed by atoms with Gasteiger partial charge in [0, 0.05) is 37.9 Å². The van der Waals surface area contributed by atoms with Crippen molar-refractivity contribution in [2.24, 2.45) is 23.5 Å². The van der Waals surface area contributed by atoms with Crippen LogP contribution >= 0.6 is 0 Å². The van der Waals surface area contributed by atoms with Crippen molar-refractivity contribution in [3.8, 4) is 0 Å². The van der Waals surface area contributed by atoms with E-state index < -0.39 is 0 Å². The SMILES string of the molecule is CN(CCc1ccccn1)C(=O)CNC(=O)C1C2CCC(C2)C1N. The molecule has 2 amide bonds. The molecule has 0 saturated heterocycles. The van der Waals surface area contributed by atoms with Crippen LogP contribution in [0.3, 0.4) is 0 Å². The fourth-order valence-electron chi connectivity index (χ4n) is 4.09. The molecular formula is C18H26N4O2. The second kappa shape index (κ2) is 7.30. The molecule has 1 aromatic rings. The molecule has 0 aromatic carbocycles. The molecule has 2 bridgehead atoms. The number of nitrogens with two attached hydrogens (primary N) is 1. The fraction of sp³-hybridized carbons (Fsp3) is 0.611. The van der Waals surface area contributed by atoms with E-state index in [9.17, 15) is 9.59 Å². The van der Waals surface area contributed by atoms with Crippen LogP contribution in [0.2, 0.25) is 0 Å². The Kier molecular flexibility index (Phi) is 5.14. The second-order valence-electron chi connectivity index (χ2n) is 7.04. The number of hydrogen-bond acceptors (Lipinski definition) is 4. The van der Waals surface area contributed by atoms with Gasteiger partial charge in [-0.3, -0.25) is 14.6 Å². The summed E-state index contributed by atoms with van der Waals surface area (Å²) < 4.78 is 0. The van der Waals surface area contributed by atoms with Gasteiger partial charge in [-0.15, -0.1) is 0 Å². The molecule has 6 heteroatoms. The molecule has 0 aliphatic heterocycles. The first kappa shape index (κ1) is 16.9. The van der Waals surface area contributed by atoms with Crippen molar-refractivity contribution in [1.29, 1.82) is 0 Å². The highest BCUT2D eigenvalue weighted by Crippen LogP contribution is 2.47. The summed E-state index contributed by atoms with van der Waals surface area (Å²) in [7, 11) is 1.75. The van der Waals surface area contributed by atoms with E-state index in [0.717, 1.165) is 25.0 Å². The monoisotopic (exact) mass is 330 g/mol. The maximum Gasteiger partial charge on any atom is 0.241 e. The Labute approximate surface area is 142 Å². The van der Waals surface area contributed by atoms with Crippen LogP contribution in [0.1, 0.15) is 25.0 Å². The number of carbonyl (C=O) groups is 2. The van der Waals surface area contributed by atoms with E-state index >= 15 is 0 Å². The number of fused-ring (bicyclic) bond motifs is 2. The van der Waals surface area contributed by atoms with Crippen LogP contribution in [0.25, 0.3) is 0 Å². The van der Waals surface area contributed by atoms with Gasteiger partial charge >= 0.3 is 0 Å². The molecule has 0 radical (unpaired) electrons. The van der Waals surface area contributed by atoms with Gasteiger partial charge in [-0.25, -0.2) is 0 Å². The molecule has 4 atom stereocenters. The molecule has 6 nitrogen and oxygen atoms in total. The standard InChI is InChI=1S/C18H26N4O2/c1-22(9-7-14-4-2-3-8-20-14)15(23)11-21-18(24)16-12-5-6-13(10-12)17(16)19/h2-4,8,12-13,16-17H,5-7,9-11,19H2,1H3,(H,21,24). The summed E-state index contributed by atoms with van der Waals surface area (Å²) >= 11 is 0. The van der Waals surface area contributed by atoms with Gasteiger partial charge in [0.05, 0.1) is 12.5 Å². The van der Waals surface area contributed by atoms with Crippen LogP contribution < -0.4 is 11.1 Å². The van der Waals surface area contributed by atoms with Crippen LogP contribution in [-0.2, 0) is 16.0 Å². The number of rotatable bonds is 6. The third-order valence-corrected chi connectivity index (χ3v) is 5.55. The maximum atomic E-state index is 12.4. The number of amides is 2. The maximum absolute atomic E-state index is 12.4. The Morgan fingerprint density at radius 2 is 2.12 bits per heavy atom. The Morgan fingerprint density at radius 3 is 2.79 bits per heavy atom. The molecule has 24 heavy (non-hydrogen) atoms. The largest absolute Gasteiger partial charge is 0.347 e. The highest BCUT2D eigenvalue weighted by Gasteiger charge is 2.49. The van der Waals surface area contributed by atoms with Crippen LogP contribution in [0.4, 0.5) is 0 Å². The quantitative estimate of drug-likeness (QED) is 0.798. The van der Waals surface area contributed by atoms with Crippen LogP contribution in [0.5, 0.6) is 0 Å². The van der Waals surface area contributed by atoms with Crippen molar-refractivity contribution >= 4 is 11.8 Å². The minimum absolute atomic E-state index is 0.0398. The molecule has 2 aliphatic carbocycles. The lowest BCUT2D eigenvalue weighted by Crippen LogP contribution is -2.47. The van der Waals surface area contributed by atoms with Crippen molar-refractivity contribution in [3.05, 3.63) is 30.1 Å². The van der Waals surface area contributed by atoms with Crippen LogP contribution in [0, 0.1) is 17.8 Å². The molecular weight excluding hydrogens is 304 g/mol. The van der Waals surface area contributed by atoms with Crippen LogP contribution in [0.15, 0.2) is 24.4 Å². The molecule has 1 aromatic heterocycles. The number of hydrogen-bond donors (Lipinski definition) is 2. The van der Waals surface area contributed by atoms with Crippen molar-refractivity contribution in [3.63, 3.8) is 0 Å². The zero-order valence-electron chi connectivity index (χ0n) is 14.1. The van der Waals surface area contributed by atoms with E-state index in [2.05, 4.69) is 10.3 Å². The highest BCUT2D eigenvalue weighted by molar-refractivity contribution is 5.86. The first-order chi connectivity index (χ1) is 11.6. The van der Waals surface area contributed by atoms with Gasteiger partial charge in [0.2, 0.25) is 11.8 Å². The smallest absolute Gasteiger partial charge is 0.241 e. The Bertz CT molecular complexity index is 590. The van der Waals surface area contributed by atoms with E-state index in [1.807, 2.05) is 18.2 Å². The van der Waals surface area contributed by atoms with Crippen molar-refractivity contribution in [1.82, 2.24) is 15.2 Å². The Balaban J connectivity index is 1.42. The lowest BCUT2D eigenvalue weighted by atomic mass is 9.84. The molecule has 4 unspecified atom stereocenters. The summed E-state index contributed by atoms with van der Waals surface area (Å²) in [5.74, 6) is 0.636. The van der Waals surface area contributed by atoms with Crippen molar-refractivity contribution in [2.45, 2.75) is 31.7 Å². The van der Waals surface area contributed by atoms with Gasteiger partial charge in [-0.05, 0) is 43.2 Å². The molecule has 2 aliphatic rings. The number of pyridine rings is 1. The van der Waals surface area contributed by atoms with E-state index in [4.69, 9.17) is 5.73 Å². The molecule has 2 saturated carbocycles. The average molecular weight is 330 g/mol. The third-order valence-electron chi connectivity index (χ3n) is 5.55. The van der Waals surface area contributed by atoms with E-state index in [1.165, 1.54) is 0 Å². The summed E-state index contributed by atoms with van der Waals surface area (Å²) in [5, 5.41) is 2.79. The summed E-state index contributed by atoms with van der Waals surface area (Å²) in [6.07, 6.45) is 5.75. The van der Waals surface area contributed by atoms with Crippen molar-refractivity contribution < 1.29 is 9.59 Å². The predicted octanol–water partition coefficient (Wildman–Crippen LogP) is 0.572. The van der Waals surface area contributed by atoms with E-state index in [-0.39, 0.29) is 30.3 Å². The third kappa shape index (κ3) is 3.59. The zero-order valence-corrected chi connectivity index (χ0v) is 14.1. The molecule has 0 spiro atoms. The minimum Gasteiger partial charge on any atom is -0.347 e. The summed E-state index contributed by atoms with van der Waals surface area (Å²) in [6.45, 7) is 0.623. The molecule has 2 fully saturated rings. The number of carbonyl (C=O) groups excluding carboxylic acids is 2. The van der Waals surface area contributed by atoms with Gasteiger partial charge in [0.25, 0.3) is 0 Å². The Morgan fingerprint density at radius 1 is 1.33 bits per heavy atom. The van der Waals surface area contributed by atoms with Gasteiger partial charge in [-0.2, -0.15) is 0 Å². The molecule has 130 valence electrons. The molecule has 3 rings (SSSR count). The second-order valence-corrected chi connectivity index (χ2v) is 7.04. The highest BCUT2D eigenvalue weighted by atomic mass is 16.2. The van der Waals surface area contributed by atoms with Gasteiger partial charge in [-0.1, -0.05) is 6.07 Å². The summed E-state index contributed by atoms with van der Waals surface area (Å²) in [6, 6.07) is 5.70. The Hall–Kier alpha value is -1.95. The van der Waals surface area contributed by atoms with Crippen molar-refractivity contribution in [2.75, 3.05) is 20.1 Å². The summed E-state index contributed by atoms with van der Waals surface area (Å²) in [4.78, 5) is 30.4. The fourth-order valence-corrected chi connectivity index (χ4v) is 4.09. The number of likely N-dealkylation sites (N-methyl/N-ethyl adjacent to an activating group) is 1. The van der Waals surface area contributed by atoms with Crippen LogP contribution in [-0.4, -0.2) is 47.9 Å². The number of nitrogens with one attached hydrogen (secondary N) is 1. The first-order valence-corrected chi connectivity index (χ1v) is 8.73. The normalized spacial score (nSPS) is 27.9. The van der Waals surface area contributed by atoms with Gasteiger partial charge < -0.3 is 16.0 Å². The van der Waals surface area contributed by atoms with E-state index in [0.29, 0.717) is 24.8 Å². The van der Waals surface area contributed by atoms with E-state index in [1.54, 1.807) is 18.1 Å².